The van der Waals surface area contributed by atoms with Gasteiger partial charge in [-0.15, -0.1) is 0 Å². The third kappa shape index (κ3) is 5.15. The predicted octanol–water partition coefficient (Wildman–Crippen LogP) is 3.90. The molecule has 18 heavy (non-hydrogen) atoms. The van der Waals surface area contributed by atoms with Crippen LogP contribution in [0.15, 0.2) is 18.2 Å². The largest absolute Gasteiger partial charge is 0.381 e. The van der Waals surface area contributed by atoms with E-state index in [1.165, 1.54) is 12.8 Å². The van der Waals surface area contributed by atoms with Gasteiger partial charge in [0.25, 0.3) is 0 Å². The lowest BCUT2D eigenvalue weighted by Gasteiger charge is -2.07. The Morgan fingerprint density at radius 1 is 1.28 bits per heavy atom. The third-order valence-corrected chi connectivity index (χ3v) is 3.61. The molecule has 100 valence electrons. The highest BCUT2D eigenvalue weighted by Crippen LogP contribution is 2.28. The maximum Gasteiger partial charge on any atom is 0.0494 e. The van der Waals surface area contributed by atoms with Crippen LogP contribution in [0.2, 0.25) is 10.0 Å². The first-order valence-electron chi connectivity index (χ1n) is 6.48. The lowest BCUT2D eigenvalue weighted by atomic mass is 10.2. The lowest BCUT2D eigenvalue weighted by molar-refractivity contribution is 0.122. The topological polar surface area (TPSA) is 21.3 Å². The molecule has 1 aliphatic rings. The number of hydrogen-bond donors (Lipinski definition) is 1. The molecule has 1 fully saturated rings. The molecule has 1 N–H and O–H groups in total. The second-order valence-corrected chi connectivity index (χ2v) is 5.63. The molecule has 1 aromatic rings. The summed E-state index contributed by atoms with van der Waals surface area (Å²) in [6.07, 6.45) is 3.75. The average Bonchev–Trinajstić information content (AvgIpc) is 3.14. The summed E-state index contributed by atoms with van der Waals surface area (Å²) in [5.74, 6) is 0.853. The van der Waals surface area contributed by atoms with Crippen molar-refractivity contribution in [1.29, 1.82) is 0 Å². The van der Waals surface area contributed by atoms with Crippen molar-refractivity contribution in [3.63, 3.8) is 0 Å². The fraction of sp³-hybridized carbons (Fsp3) is 0.571. The summed E-state index contributed by atoms with van der Waals surface area (Å²) in [7, 11) is 0. The molecular formula is C14H19Cl2NO. The molecule has 0 heterocycles. The van der Waals surface area contributed by atoms with Crippen LogP contribution in [0.5, 0.6) is 0 Å². The van der Waals surface area contributed by atoms with Gasteiger partial charge in [0.15, 0.2) is 0 Å². The van der Waals surface area contributed by atoms with Crippen molar-refractivity contribution in [1.82, 2.24) is 5.32 Å². The van der Waals surface area contributed by atoms with Crippen molar-refractivity contribution in [2.24, 2.45) is 5.92 Å². The Labute approximate surface area is 119 Å². The standard InChI is InChI=1S/C14H19Cl2NO/c15-13-5-4-12(14(16)8-13)9-17-6-1-7-18-10-11-2-3-11/h4-5,8,11,17H,1-3,6-7,9-10H2. The van der Waals surface area contributed by atoms with E-state index in [9.17, 15) is 0 Å². The van der Waals surface area contributed by atoms with Gasteiger partial charge in [-0.1, -0.05) is 29.3 Å². The number of hydrogen-bond acceptors (Lipinski definition) is 2. The van der Waals surface area contributed by atoms with E-state index >= 15 is 0 Å². The molecule has 1 aliphatic carbocycles. The Bertz CT molecular complexity index is 380. The zero-order valence-corrected chi connectivity index (χ0v) is 11.9. The highest BCUT2D eigenvalue weighted by molar-refractivity contribution is 6.35. The van der Waals surface area contributed by atoms with E-state index in [2.05, 4.69) is 5.32 Å². The van der Waals surface area contributed by atoms with Crippen molar-refractivity contribution in [3.8, 4) is 0 Å². The Morgan fingerprint density at radius 2 is 2.11 bits per heavy atom. The van der Waals surface area contributed by atoms with Crippen LogP contribution in [0.1, 0.15) is 24.8 Å². The molecule has 0 aliphatic heterocycles. The van der Waals surface area contributed by atoms with Gasteiger partial charge < -0.3 is 10.1 Å². The quantitative estimate of drug-likeness (QED) is 0.732. The van der Waals surface area contributed by atoms with Crippen molar-refractivity contribution >= 4 is 23.2 Å². The highest BCUT2D eigenvalue weighted by Gasteiger charge is 2.20. The molecule has 0 spiro atoms. The molecule has 0 saturated heterocycles. The third-order valence-electron chi connectivity index (χ3n) is 3.02. The van der Waals surface area contributed by atoms with Crippen molar-refractivity contribution < 1.29 is 4.74 Å². The molecule has 1 saturated carbocycles. The summed E-state index contributed by atoms with van der Waals surface area (Å²) in [5.41, 5.74) is 1.08. The van der Waals surface area contributed by atoms with E-state index in [0.29, 0.717) is 5.02 Å². The van der Waals surface area contributed by atoms with Gasteiger partial charge in [0.1, 0.15) is 0 Å². The monoisotopic (exact) mass is 287 g/mol. The normalized spacial score (nSPS) is 15.0. The second kappa shape index (κ2) is 7.34. The first-order chi connectivity index (χ1) is 8.75. The molecule has 0 atom stereocenters. The predicted molar refractivity (Wildman–Crippen MR) is 76.3 cm³/mol. The van der Waals surface area contributed by atoms with Gasteiger partial charge in [-0.25, -0.2) is 0 Å². The zero-order valence-electron chi connectivity index (χ0n) is 10.4. The SMILES string of the molecule is Clc1ccc(CNCCCOCC2CC2)c(Cl)c1. The van der Waals surface area contributed by atoms with Crippen LogP contribution in [0.4, 0.5) is 0 Å². The summed E-state index contributed by atoms with van der Waals surface area (Å²) >= 11 is 11.9. The molecule has 0 aromatic heterocycles. The number of benzene rings is 1. The molecule has 2 rings (SSSR count). The van der Waals surface area contributed by atoms with Crippen LogP contribution in [0.25, 0.3) is 0 Å². The summed E-state index contributed by atoms with van der Waals surface area (Å²) in [4.78, 5) is 0. The molecule has 2 nitrogen and oxygen atoms in total. The van der Waals surface area contributed by atoms with Crippen LogP contribution in [-0.4, -0.2) is 19.8 Å². The Kier molecular flexibility index (Phi) is 5.77. The summed E-state index contributed by atoms with van der Waals surface area (Å²) in [6, 6.07) is 5.60. The maximum atomic E-state index is 6.08. The number of rotatable bonds is 8. The van der Waals surface area contributed by atoms with Crippen LogP contribution in [-0.2, 0) is 11.3 Å². The van der Waals surface area contributed by atoms with E-state index in [1.54, 1.807) is 6.07 Å². The fourth-order valence-corrected chi connectivity index (χ4v) is 2.20. The smallest absolute Gasteiger partial charge is 0.0494 e. The Hall–Kier alpha value is -0.280. The minimum absolute atomic E-state index is 0.678. The van der Waals surface area contributed by atoms with E-state index in [4.69, 9.17) is 27.9 Å². The molecule has 0 radical (unpaired) electrons. The summed E-state index contributed by atoms with van der Waals surface area (Å²) in [6.45, 7) is 3.52. The summed E-state index contributed by atoms with van der Waals surface area (Å²) in [5, 5.41) is 4.76. The minimum atomic E-state index is 0.678. The van der Waals surface area contributed by atoms with Gasteiger partial charge in [-0.05, 0) is 49.4 Å². The van der Waals surface area contributed by atoms with Crippen LogP contribution in [0.3, 0.4) is 0 Å². The fourth-order valence-electron chi connectivity index (χ4n) is 1.72. The lowest BCUT2D eigenvalue weighted by Crippen LogP contribution is -2.16. The molecule has 0 unspecified atom stereocenters. The van der Waals surface area contributed by atoms with Crippen molar-refractivity contribution in [3.05, 3.63) is 33.8 Å². The van der Waals surface area contributed by atoms with Crippen LogP contribution >= 0.6 is 23.2 Å². The molecule has 0 amide bonds. The Morgan fingerprint density at radius 3 is 2.83 bits per heavy atom. The molecule has 0 bridgehead atoms. The maximum absolute atomic E-state index is 6.08. The average molecular weight is 288 g/mol. The van der Waals surface area contributed by atoms with Gasteiger partial charge in [0.2, 0.25) is 0 Å². The van der Waals surface area contributed by atoms with Crippen molar-refractivity contribution in [2.75, 3.05) is 19.8 Å². The van der Waals surface area contributed by atoms with Gasteiger partial charge in [0.05, 0.1) is 0 Å². The number of ether oxygens (including phenoxy) is 1. The van der Waals surface area contributed by atoms with Crippen molar-refractivity contribution in [2.45, 2.75) is 25.8 Å². The van der Waals surface area contributed by atoms with Gasteiger partial charge in [-0.3, -0.25) is 0 Å². The van der Waals surface area contributed by atoms with E-state index in [0.717, 1.165) is 49.2 Å². The second-order valence-electron chi connectivity index (χ2n) is 4.78. The van der Waals surface area contributed by atoms with E-state index < -0.39 is 0 Å². The van der Waals surface area contributed by atoms with E-state index in [-0.39, 0.29) is 0 Å². The van der Waals surface area contributed by atoms with Crippen LogP contribution in [0, 0.1) is 5.92 Å². The van der Waals surface area contributed by atoms with Gasteiger partial charge in [0, 0.05) is 29.8 Å². The molecule has 1 aromatic carbocycles. The van der Waals surface area contributed by atoms with Gasteiger partial charge >= 0.3 is 0 Å². The number of halogens is 2. The van der Waals surface area contributed by atoms with Crippen LogP contribution < -0.4 is 5.32 Å². The summed E-state index contributed by atoms with van der Waals surface area (Å²) < 4.78 is 5.57. The zero-order chi connectivity index (χ0) is 12.8. The Balaban J connectivity index is 1.53. The first-order valence-corrected chi connectivity index (χ1v) is 7.23. The van der Waals surface area contributed by atoms with E-state index in [1.807, 2.05) is 12.1 Å². The minimum Gasteiger partial charge on any atom is -0.381 e. The molecule has 4 heteroatoms. The number of nitrogens with one attached hydrogen (secondary N) is 1. The van der Waals surface area contributed by atoms with Gasteiger partial charge in [-0.2, -0.15) is 0 Å². The first kappa shape index (κ1) is 14.1. The molecular weight excluding hydrogens is 269 g/mol. The highest BCUT2D eigenvalue weighted by atomic mass is 35.5.